The summed E-state index contributed by atoms with van der Waals surface area (Å²) in [6.07, 6.45) is 0. The summed E-state index contributed by atoms with van der Waals surface area (Å²) in [7, 11) is 1.69. The Balaban J connectivity index is 2.33. The van der Waals surface area contributed by atoms with Gasteiger partial charge in [0.1, 0.15) is 5.75 Å². The highest BCUT2D eigenvalue weighted by molar-refractivity contribution is 14.1. The Morgan fingerprint density at radius 1 is 1.11 bits per heavy atom. The lowest BCUT2D eigenvalue weighted by molar-refractivity contribution is 0.414. The molecule has 0 heterocycles. The molecule has 2 aromatic rings. The number of nitrogens with one attached hydrogen (secondary N) is 1. The van der Waals surface area contributed by atoms with Gasteiger partial charge in [-0.05, 0) is 64.5 Å². The van der Waals surface area contributed by atoms with E-state index in [0.29, 0.717) is 0 Å². The van der Waals surface area contributed by atoms with Crippen LogP contribution in [0.2, 0.25) is 0 Å². The number of hydrogen-bond acceptors (Lipinski definition) is 2. The highest BCUT2D eigenvalue weighted by Gasteiger charge is 2.13. The zero-order valence-electron chi connectivity index (χ0n) is 11.2. The zero-order chi connectivity index (χ0) is 13.7. The van der Waals surface area contributed by atoms with Crippen molar-refractivity contribution in [3.05, 3.63) is 63.2 Å². The molecule has 0 bridgehead atoms. The third-order valence-corrected chi connectivity index (χ3v) is 3.71. The first kappa shape index (κ1) is 14.3. The second-order valence-corrected chi connectivity index (χ2v) is 5.56. The molecule has 0 aliphatic rings. The van der Waals surface area contributed by atoms with Crippen molar-refractivity contribution in [3.63, 3.8) is 0 Å². The molecule has 0 aliphatic carbocycles. The Bertz CT molecular complexity index is 525. The maximum atomic E-state index is 5.21. The highest BCUT2D eigenvalue weighted by Crippen LogP contribution is 2.25. The second-order valence-electron chi connectivity index (χ2n) is 4.32. The van der Waals surface area contributed by atoms with Gasteiger partial charge < -0.3 is 10.1 Å². The fourth-order valence-corrected chi connectivity index (χ4v) is 2.68. The molecule has 1 atom stereocenters. The molecule has 3 heteroatoms. The fourth-order valence-electron chi connectivity index (χ4n) is 2.11. The predicted octanol–water partition coefficient (Wildman–Crippen LogP) is 4.00. The minimum atomic E-state index is 0.227. The van der Waals surface area contributed by atoms with Gasteiger partial charge in [0.2, 0.25) is 0 Å². The minimum absolute atomic E-state index is 0.227. The monoisotopic (exact) mass is 367 g/mol. The summed E-state index contributed by atoms with van der Waals surface area (Å²) < 4.78 is 6.47. The molecule has 1 unspecified atom stereocenters. The smallest absolute Gasteiger partial charge is 0.118 e. The molecule has 100 valence electrons. The van der Waals surface area contributed by atoms with Crippen molar-refractivity contribution >= 4 is 22.6 Å². The lowest BCUT2D eigenvalue weighted by Crippen LogP contribution is -2.22. The van der Waals surface area contributed by atoms with E-state index in [1.807, 2.05) is 12.1 Å². The summed E-state index contributed by atoms with van der Waals surface area (Å²) in [5, 5.41) is 3.54. The third kappa shape index (κ3) is 3.70. The number of methoxy groups -OCH3 is 1. The zero-order valence-corrected chi connectivity index (χ0v) is 13.3. The number of hydrogen-bond donors (Lipinski definition) is 1. The molecule has 0 radical (unpaired) electrons. The van der Waals surface area contributed by atoms with Gasteiger partial charge in [-0.15, -0.1) is 0 Å². The van der Waals surface area contributed by atoms with Gasteiger partial charge >= 0.3 is 0 Å². The van der Waals surface area contributed by atoms with Crippen LogP contribution in [0.1, 0.15) is 24.1 Å². The standard InChI is InChI=1S/C16H18INO/c1-3-18-16(13-5-4-6-14(17)11-13)12-7-9-15(19-2)10-8-12/h4-11,16,18H,3H2,1-2H3. The van der Waals surface area contributed by atoms with E-state index in [4.69, 9.17) is 4.74 Å². The Morgan fingerprint density at radius 3 is 2.42 bits per heavy atom. The van der Waals surface area contributed by atoms with E-state index < -0.39 is 0 Å². The van der Waals surface area contributed by atoms with Gasteiger partial charge in [0.25, 0.3) is 0 Å². The van der Waals surface area contributed by atoms with Gasteiger partial charge in [0, 0.05) is 3.57 Å². The molecule has 0 saturated heterocycles. The van der Waals surface area contributed by atoms with Crippen LogP contribution in [0.15, 0.2) is 48.5 Å². The Labute approximate surface area is 128 Å². The van der Waals surface area contributed by atoms with E-state index in [2.05, 4.69) is 71.2 Å². The molecular formula is C16H18INO. The molecule has 0 aliphatic heterocycles. The van der Waals surface area contributed by atoms with Gasteiger partial charge in [-0.1, -0.05) is 31.2 Å². The van der Waals surface area contributed by atoms with Crippen LogP contribution < -0.4 is 10.1 Å². The number of ether oxygens (including phenoxy) is 1. The summed E-state index contributed by atoms with van der Waals surface area (Å²) >= 11 is 2.35. The normalized spacial score (nSPS) is 12.2. The number of halogens is 1. The van der Waals surface area contributed by atoms with E-state index in [1.165, 1.54) is 14.7 Å². The largest absolute Gasteiger partial charge is 0.497 e. The van der Waals surface area contributed by atoms with E-state index in [9.17, 15) is 0 Å². The summed E-state index contributed by atoms with van der Waals surface area (Å²) in [5.41, 5.74) is 2.54. The van der Waals surface area contributed by atoms with Crippen molar-refractivity contribution in [2.45, 2.75) is 13.0 Å². The van der Waals surface area contributed by atoms with Crippen molar-refractivity contribution in [2.75, 3.05) is 13.7 Å². The summed E-state index contributed by atoms with van der Waals surface area (Å²) in [5.74, 6) is 0.890. The molecule has 2 aromatic carbocycles. The van der Waals surface area contributed by atoms with Crippen molar-refractivity contribution in [1.82, 2.24) is 5.32 Å². The fraction of sp³-hybridized carbons (Fsp3) is 0.250. The molecule has 0 saturated carbocycles. The predicted molar refractivity (Wildman–Crippen MR) is 87.7 cm³/mol. The van der Waals surface area contributed by atoms with Crippen LogP contribution in [0.4, 0.5) is 0 Å². The average molecular weight is 367 g/mol. The molecule has 19 heavy (non-hydrogen) atoms. The molecule has 2 nitrogen and oxygen atoms in total. The second kappa shape index (κ2) is 6.91. The quantitative estimate of drug-likeness (QED) is 0.807. The van der Waals surface area contributed by atoms with Gasteiger partial charge in [-0.25, -0.2) is 0 Å². The maximum absolute atomic E-state index is 5.21. The Morgan fingerprint density at radius 2 is 1.84 bits per heavy atom. The van der Waals surface area contributed by atoms with Crippen molar-refractivity contribution in [2.24, 2.45) is 0 Å². The van der Waals surface area contributed by atoms with Crippen molar-refractivity contribution in [1.29, 1.82) is 0 Å². The Hall–Kier alpha value is -1.07. The first-order chi connectivity index (χ1) is 9.24. The van der Waals surface area contributed by atoms with Crippen molar-refractivity contribution in [3.8, 4) is 5.75 Å². The van der Waals surface area contributed by atoms with Crippen LogP contribution >= 0.6 is 22.6 Å². The molecular weight excluding hydrogens is 349 g/mol. The summed E-state index contributed by atoms with van der Waals surface area (Å²) in [6.45, 7) is 3.06. The van der Waals surface area contributed by atoms with Crippen LogP contribution in [-0.2, 0) is 0 Å². The van der Waals surface area contributed by atoms with E-state index in [-0.39, 0.29) is 6.04 Å². The first-order valence-corrected chi connectivity index (χ1v) is 7.45. The summed E-state index contributed by atoms with van der Waals surface area (Å²) in [4.78, 5) is 0. The van der Waals surface area contributed by atoms with E-state index in [1.54, 1.807) is 7.11 Å². The highest BCUT2D eigenvalue weighted by atomic mass is 127. The SMILES string of the molecule is CCNC(c1ccc(OC)cc1)c1cccc(I)c1. The van der Waals surface area contributed by atoms with Gasteiger partial charge in [-0.3, -0.25) is 0 Å². The molecule has 1 N–H and O–H groups in total. The lowest BCUT2D eigenvalue weighted by atomic mass is 9.98. The van der Waals surface area contributed by atoms with Crippen LogP contribution in [0.3, 0.4) is 0 Å². The average Bonchev–Trinajstić information content (AvgIpc) is 2.45. The maximum Gasteiger partial charge on any atom is 0.118 e. The third-order valence-electron chi connectivity index (χ3n) is 3.04. The van der Waals surface area contributed by atoms with Crippen LogP contribution in [0.5, 0.6) is 5.75 Å². The van der Waals surface area contributed by atoms with Crippen LogP contribution in [0, 0.1) is 3.57 Å². The molecule has 0 fully saturated rings. The lowest BCUT2D eigenvalue weighted by Gasteiger charge is -2.19. The van der Waals surface area contributed by atoms with E-state index >= 15 is 0 Å². The number of benzene rings is 2. The minimum Gasteiger partial charge on any atom is -0.497 e. The first-order valence-electron chi connectivity index (χ1n) is 6.37. The van der Waals surface area contributed by atoms with Crippen LogP contribution in [0.25, 0.3) is 0 Å². The topological polar surface area (TPSA) is 21.3 Å². The van der Waals surface area contributed by atoms with Gasteiger partial charge in [-0.2, -0.15) is 0 Å². The summed E-state index contributed by atoms with van der Waals surface area (Å²) in [6, 6.07) is 17.1. The van der Waals surface area contributed by atoms with Crippen LogP contribution in [-0.4, -0.2) is 13.7 Å². The molecule has 0 amide bonds. The molecule has 2 rings (SSSR count). The van der Waals surface area contributed by atoms with Gasteiger partial charge in [0.15, 0.2) is 0 Å². The molecule has 0 spiro atoms. The van der Waals surface area contributed by atoms with Crippen molar-refractivity contribution < 1.29 is 4.74 Å². The van der Waals surface area contributed by atoms with E-state index in [0.717, 1.165) is 12.3 Å². The molecule has 0 aromatic heterocycles. The Kier molecular flexibility index (Phi) is 5.22. The van der Waals surface area contributed by atoms with Gasteiger partial charge in [0.05, 0.1) is 13.2 Å². The number of rotatable bonds is 5.